The largest absolute Gasteiger partial charge is 0.573 e. The van der Waals surface area contributed by atoms with Gasteiger partial charge in [0.15, 0.2) is 0 Å². The van der Waals surface area contributed by atoms with Crippen LogP contribution in [0, 0.1) is 10.1 Å². The van der Waals surface area contributed by atoms with E-state index in [2.05, 4.69) is 14.5 Å². The van der Waals surface area contributed by atoms with Crippen molar-refractivity contribution in [3.8, 4) is 11.6 Å². The summed E-state index contributed by atoms with van der Waals surface area (Å²) < 4.78 is 44.4. The van der Waals surface area contributed by atoms with Gasteiger partial charge >= 0.3 is 18.1 Å². The number of alkyl halides is 3. The average Bonchev–Trinajstić information content (AvgIpc) is 2.26. The number of nitrogens with zero attached hydrogens (tertiary/aromatic N) is 2. The Morgan fingerprint density at radius 2 is 2.17 bits per heavy atom. The van der Waals surface area contributed by atoms with E-state index in [1.807, 2.05) is 0 Å². The highest BCUT2D eigenvalue weighted by Crippen LogP contribution is 2.36. The highest BCUT2D eigenvalue weighted by atomic mass is 19.4. The van der Waals surface area contributed by atoms with Crippen LogP contribution < -0.4 is 9.47 Å². The molecule has 1 heterocycles. The lowest BCUT2D eigenvalue weighted by Gasteiger charge is -2.11. The van der Waals surface area contributed by atoms with Gasteiger partial charge in [-0.25, -0.2) is 0 Å². The van der Waals surface area contributed by atoms with Gasteiger partial charge in [-0.2, -0.15) is 0 Å². The predicted octanol–water partition coefficient (Wildman–Crippen LogP) is 1.39. The Balaban J connectivity index is 3.39. The van der Waals surface area contributed by atoms with Gasteiger partial charge in [0, 0.05) is 16.6 Å². The first kappa shape index (κ1) is 14.0. The highest BCUT2D eigenvalue weighted by Gasteiger charge is 2.37. The highest BCUT2D eigenvalue weighted by molar-refractivity contribution is 5.49. The standard InChI is InChI=1S/C8H7F3N2O5/c1-17-5-2-4(3-14)6(18-8(9,10)11)7(12-5)13(15)16/h2,14H,3H2,1H3. The topological polar surface area (TPSA) is 94.7 Å². The van der Waals surface area contributed by atoms with E-state index in [4.69, 9.17) is 5.11 Å². The third-order valence-corrected chi connectivity index (χ3v) is 1.78. The molecule has 18 heavy (non-hydrogen) atoms. The van der Waals surface area contributed by atoms with Crippen molar-refractivity contribution in [1.82, 2.24) is 4.98 Å². The second kappa shape index (κ2) is 5.04. The molecule has 0 saturated heterocycles. The van der Waals surface area contributed by atoms with Crippen LogP contribution >= 0.6 is 0 Å². The fourth-order valence-electron chi connectivity index (χ4n) is 1.12. The first-order chi connectivity index (χ1) is 8.28. The molecule has 1 aromatic heterocycles. The van der Waals surface area contributed by atoms with E-state index in [9.17, 15) is 23.3 Å². The van der Waals surface area contributed by atoms with E-state index in [1.54, 1.807) is 0 Å². The Morgan fingerprint density at radius 3 is 2.56 bits per heavy atom. The van der Waals surface area contributed by atoms with Gasteiger partial charge in [0.1, 0.15) is 0 Å². The number of rotatable bonds is 4. The summed E-state index contributed by atoms with van der Waals surface area (Å²) >= 11 is 0. The number of hydrogen-bond donors (Lipinski definition) is 1. The van der Waals surface area contributed by atoms with E-state index in [1.165, 1.54) is 0 Å². The summed E-state index contributed by atoms with van der Waals surface area (Å²) in [6.07, 6.45) is -5.13. The summed E-state index contributed by atoms with van der Waals surface area (Å²) in [5, 5.41) is 19.5. The van der Waals surface area contributed by atoms with E-state index in [0.29, 0.717) is 0 Å². The van der Waals surface area contributed by atoms with Crippen LogP contribution in [0.15, 0.2) is 6.07 Å². The van der Waals surface area contributed by atoms with E-state index in [0.717, 1.165) is 13.2 Å². The van der Waals surface area contributed by atoms with Crippen LogP contribution in [0.25, 0.3) is 0 Å². The molecule has 0 saturated carbocycles. The predicted molar refractivity (Wildman–Crippen MR) is 50.0 cm³/mol. The Hall–Kier alpha value is -2.10. The lowest BCUT2D eigenvalue weighted by Crippen LogP contribution is -2.19. The summed E-state index contributed by atoms with van der Waals surface area (Å²) in [7, 11) is 1.12. The van der Waals surface area contributed by atoms with Crippen molar-refractivity contribution >= 4 is 5.82 Å². The number of nitro groups is 1. The fraction of sp³-hybridized carbons (Fsp3) is 0.375. The molecule has 7 nitrogen and oxygen atoms in total. The maximum atomic E-state index is 12.1. The van der Waals surface area contributed by atoms with Crippen LogP contribution in [-0.2, 0) is 6.61 Å². The molecule has 0 spiro atoms. The van der Waals surface area contributed by atoms with Gasteiger partial charge in [0.25, 0.3) is 0 Å². The third kappa shape index (κ3) is 3.20. The van der Waals surface area contributed by atoms with Crippen molar-refractivity contribution in [2.24, 2.45) is 0 Å². The molecule has 100 valence electrons. The Kier molecular flexibility index (Phi) is 3.91. The number of methoxy groups -OCH3 is 1. The van der Waals surface area contributed by atoms with E-state index in [-0.39, 0.29) is 5.88 Å². The molecule has 0 aliphatic carbocycles. The number of pyridine rings is 1. The summed E-state index contributed by atoms with van der Waals surface area (Å²) in [6, 6.07) is 0.911. The van der Waals surface area contributed by atoms with Crippen molar-refractivity contribution in [3.05, 3.63) is 21.7 Å². The smallest absolute Gasteiger partial charge is 0.463 e. The van der Waals surface area contributed by atoms with Crippen LogP contribution in [0.3, 0.4) is 0 Å². The minimum absolute atomic E-state index is 0.305. The monoisotopic (exact) mass is 268 g/mol. The molecule has 0 radical (unpaired) electrons. The zero-order chi connectivity index (χ0) is 13.9. The normalized spacial score (nSPS) is 11.2. The number of aliphatic hydroxyl groups excluding tert-OH is 1. The van der Waals surface area contributed by atoms with Gasteiger partial charge in [0.05, 0.1) is 13.7 Å². The zero-order valence-corrected chi connectivity index (χ0v) is 8.89. The van der Waals surface area contributed by atoms with Crippen molar-refractivity contribution < 1.29 is 32.7 Å². The molecule has 1 aromatic rings. The quantitative estimate of drug-likeness (QED) is 0.655. The van der Waals surface area contributed by atoms with Crippen molar-refractivity contribution in [2.45, 2.75) is 13.0 Å². The first-order valence-electron chi connectivity index (χ1n) is 4.37. The second-order valence-electron chi connectivity index (χ2n) is 2.94. The molecule has 0 bridgehead atoms. The summed E-state index contributed by atoms with van der Waals surface area (Å²) in [6.45, 7) is -0.898. The summed E-state index contributed by atoms with van der Waals surface area (Å²) in [5.74, 6) is -2.65. The molecule has 1 N–H and O–H groups in total. The van der Waals surface area contributed by atoms with Crippen molar-refractivity contribution in [1.29, 1.82) is 0 Å². The summed E-state index contributed by atoms with van der Waals surface area (Å²) in [5.41, 5.74) is -0.453. The number of hydrogen-bond acceptors (Lipinski definition) is 6. The lowest BCUT2D eigenvalue weighted by atomic mass is 10.2. The van der Waals surface area contributed by atoms with Crippen LogP contribution in [0.5, 0.6) is 11.6 Å². The van der Waals surface area contributed by atoms with Gasteiger partial charge in [-0.3, -0.25) is 0 Å². The Labute approximate surface area is 97.9 Å². The van der Waals surface area contributed by atoms with Gasteiger partial charge < -0.3 is 24.7 Å². The Morgan fingerprint density at radius 1 is 1.56 bits per heavy atom. The molecule has 0 unspecified atom stereocenters. The van der Waals surface area contributed by atoms with Gasteiger partial charge in [-0.15, -0.1) is 13.2 Å². The molecule has 0 aromatic carbocycles. The molecule has 0 atom stereocenters. The lowest BCUT2D eigenvalue weighted by molar-refractivity contribution is -0.393. The minimum Gasteiger partial charge on any atom is -0.463 e. The van der Waals surface area contributed by atoms with Gasteiger partial charge in [-0.05, 0) is 4.92 Å². The Bertz CT molecular complexity index is 463. The van der Waals surface area contributed by atoms with Gasteiger partial charge in [-0.1, -0.05) is 0 Å². The summed E-state index contributed by atoms with van der Waals surface area (Å²) in [4.78, 5) is 12.7. The van der Waals surface area contributed by atoms with Crippen LogP contribution in [0.2, 0.25) is 0 Å². The number of aromatic nitrogens is 1. The fourth-order valence-corrected chi connectivity index (χ4v) is 1.12. The molecule has 10 heteroatoms. The second-order valence-corrected chi connectivity index (χ2v) is 2.94. The molecule has 1 rings (SSSR count). The van der Waals surface area contributed by atoms with Crippen LogP contribution in [-0.4, -0.2) is 28.5 Å². The van der Waals surface area contributed by atoms with Crippen LogP contribution in [0.1, 0.15) is 5.56 Å². The molecular weight excluding hydrogens is 261 g/mol. The molecule has 0 fully saturated rings. The maximum absolute atomic E-state index is 12.1. The number of aliphatic hydroxyl groups is 1. The molecular formula is C8H7F3N2O5. The molecule has 0 aliphatic rings. The first-order valence-corrected chi connectivity index (χ1v) is 4.37. The van der Waals surface area contributed by atoms with Gasteiger partial charge in [0.2, 0.25) is 5.75 Å². The number of halogens is 3. The average molecular weight is 268 g/mol. The SMILES string of the molecule is COc1cc(CO)c(OC(F)(F)F)c([N+](=O)[O-])n1. The third-order valence-electron chi connectivity index (χ3n) is 1.78. The van der Waals surface area contributed by atoms with E-state index < -0.39 is 35.0 Å². The number of ether oxygens (including phenoxy) is 2. The zero-order valence-electron chi connectivity index (χ0n) is 8.89. The van der Waals surface area contributed by atoms with Crippen molar-refractivity contribution in [2.75, 3.05) is 7.11 Å². The molecule has 0 aliphatic heterocycles. The van der Waals surface area contributed by atoms with Crippen molar-refractivity contribution in [3.63, 3.8) is 0 Å². The molecule has 0 amide bonds. The van der Waals surface area contributed by atoms with E-state index >= 15 is 0 Å². The van der Waals surface area contributed by atoms with Crippen LogP contribution in [0.4, 0.5) is 19.0 Å². The minimum atomic E-state index is -5.13. The maximum Gasteiger partial charge on any atom is 0.573 e.